The van der Waals surface area contributed by atoms with Crippen molar-refractivity contribution >= 4 is 40.3 Å². The highest BCUT2D eigenvalue weighted by Gasteiger charge is 2.28. The Morgan fingerprint density at radius 3 is 2.82 bits per heavy atom. The molecular formula is C21H29N9O3. The monoisotopic (exact) mass is 455 g/mol. The molecule has 0 radical (unpaired) electrons. The highest BCUT2D eigenvalue weighted by atomic mass is 16.5. The maximum atomic E-state index is 13.1. The molecule has 3 heterocycles. The number of rotatable bonds is 7. The molecule has 4 rings (SSSR count). The smallest absolute Gasteiger partial charge is 0.259 e. The largest absolute Gasteiger partial charge is 0.395 e. The average molecular weight is 456 g/mol. The number of hydrazine groups is 1. The van der Waals surface area contributed by atoms with Crippen molar-refractivity contribution in [1.29, 1.82) is 0 Å². The Labute approximate surface area is 191 Å². The maximum Gasteiger partial charge on any atom is 0.259 e. The van der Waals surface area contributed by atoms with Crippen LogP contribution in [0.1, 0.15) is 22.3 Å². The van der Waals surface area contributed by atoms with Crippen molar-refractivity contribution in [3.05, 3.63) is 35.5 Å². The molecule has 1 aromatic carbocycles. The number of carbonyl (C=O) groups excluding carboxylic acids is 1. The number of hydrogen-bond acceptors (Lipinski definition) is 10. The third-order valence-electron chi connectivity index (χ3n) is 5.58. The minimum atomic E-state index is -0.508. The van der Waals surface area contributed by atoms with Crippen molar-refractivity contribution < 1.29 is 14.6 Å². The summed E-state index contributed by atoms with van der Waals surface area (Å²) in [6.07, 6.45) is 1.54. The number of nitrogen functional groups attached to an aromatic ring is 1. The summed E-state index contributed by atoms with van der Waals surface area (Å²) in [7, 11) is 5.07. The van der Waals surface area contributed by atoms with Gasteiger partial charge >= 0.3 is 0 Å². The maximum absolute atomic E-state index is 13.1. The molecule has 3 aromatic rings. The first kappa shape index (κ1) is 22.6. The lowest BCUT2D eigenvalue weighted by Crippen LogP contribution is -2.29. The van der Waals surface area contributed by atoms with Crippen molar-refractivity contribution in [2.75, 3.05) is 55.7 Å². The van der Waals surface area contributed by atoms with Gasteiger partial charge < -0.3 is 36.1 Å². The summed E-state index contributed by atoms with van der Waals surface area (Å²) in [4.78, 5) is 19.3. The number of carbonyl (C=O) groups is 1. The standard InChI is InChI=1S/C21H29N9O3/c1-24-18-8-17(26-15-6-12(11-33-3)7-16(19(15)22)28(2)23)27-20-14(9-25-30(18)20)21(32)29-5-4-13(31)10-29/h6-9,13,24,31H,4-5,10-11,22-23H2,1-3H3,(H,26,27). The molecular weight excluding hydrogens is 426 g/mol. The van der Waals surface area contributed by atoms with Gasteiger partial charge in [-0.3, -0.25) is 4.79 Å². The second kappa shape index (κ2) is 9.10. The first-order chi connectivity index (χ1) is 15.8. The Morgan fingerprint density at radius 1 is 1.39 bits per heavy atom. The summed E-state index contributed by atoms with van der Waals surface area (Å²) < 4.78 is 6.83. The van der Waals surface area contributed by atoms with E-state index in [1.54, 1.807) is 36.7 Å². The zero-order valence-corrected chi connectivity index (χ0v) is 18.9. The molecule has 12 heteroatoms. The number of hydrogen-bond donors (Lipinski definition) is 5. The number of aliphatic hydroxyl groups is 1. The van der Waals surface area contributed by atoms with E-state index < -0.39 is 6.10 Å². The number of nitrogens with zero attached hydrogens (tertiary/aromatic N) is 5. The number of benzene rings is 1. The van der Waals surface area contributed by atoms with Crippen LogP contribution in [0.5, 0.6) is 0 Å². The predicted octanol–water partition coefficient (Wildman–Crippen LogP) is 0.760. The van der Waals surface area contributed by atoms with E-state index in [1.165, 1.54) is 11.2 Å². The van der Waals surface area contributed by atoms with Crippen LogP contribution in [0.4, 0.5) is 28.7 Å². The van der Waals surface area contributed by atoms with Gasteiger partial charge in [-0.15, -0.1) is 0 Å². The van der Waals surface area contributed by atoms with Gasteiger partial charge in [0.25, 0.3) is 5.91 Å². The van der Waals surface area contributed by atoms with E-state index in [9.17, 15) is 9.90 Å². The quantitative estimate of drug-likeness (QED) is 0.195. The molecule has 1 amide bonds. The molecule has 7 N–H and O–H groups in total. The molecule has 0 spiro atoms. The second-order valence-electron chi connectivity index (χ2n) is 8.01. The Kier molecular flexibility index (Phi) is 6.22. The summed E-state index contributed by atoms with van der Waals surface area (Å²) in [5.74, 6) is 6.84. The second-order valence-corrected chi connectivity index (χ2v) is 8.01. The molecule has 2 aromatic heterocycles. The summed E-state index contributed by atoms with van der Waals surface area (Å²) in [6, 6.07) is 5.49. The molecule has 0 aliphatic carbocycles. The fourth-order valence-electron chi connectivity index (χ4n) is 3.93. The molecule has 1 aliphatic rings. The van der Waals surface area contributed by atoms with Gasteiger partial charge in [-0.05, 0) is 24.1 Å². The number of aliphatic hydroxyl groups excluding tert-OH is 1. The molecule has 1 fully saturated rings. The molecule has 1 aliphatic heterocycles. The number of likely N-dealkylation sites (tertiary alicyclic amines) is 1. The van der Waals surface area contributed by atoms with Crippen LogP contribution in [0, 0.1) is 0 Å². The van der Waals surface area contributed by atoms with Gasteiger partial charge in [-0.1, -0.05) is 0 Å². The number of methoxy groups -OCH3 is 1. The minimum absolute atomic E-state index is 0.220. The van der Waals surface area contributed by atoms with Crippen molar-refractivity contribution in [2.24, 2.45) is 5.84 Å². The fourth-order valence-corrected chi connectivity index (χ4v) is 3.93. The first-order valence-electron chi connectivity index (χ1n) is 10.5. The van der Waals surface area contributed by atoms with Crippen LogP contribution < -0.4 is 27.2 Å². The molecule has 12 nitrogen and oxygen atoms in total. The van der Waals surface area contributed by atoms with Gasteiger partial charge in [0, 0.05) is 40.4 Å². The molecule has 1 saturated heterocycles. The van der Waals surface area contributed by atoms with Gasteiger partial charge in [-0.2, -0.15) is 9.61 Å². The Bertz CT molecular complexity index is 1180. The SMILES string of the molecule is CNc1cc(Nc2cc(COC)cc(N(C)N)c2N)nc2c(C(=O)N3CCC(O)C3)cnn12. The Morgan fingerprint density at radius 2 is 2.18 bits per heavy atom. The number of nitrogens with one attached hydrogen (secondary N) is 2. The number of amides is 1. The summed E-state index contributed by atoms with van der Waals surface area (Å²) in [5.41, 5.74) is 9.67. The number of β-amino-alcohol motifs (C(OH)–C–C–N with tert-alkyl or cyclic N) is 1. The van der Waals surface area contributed by atoms with Crippen LogP contribution in [-0.4, -0.2) is 70.9 Å². The fraction of sp³-hybridized carbons (Fsp3) is 0.381. The third kappa shape index (κ3) is 4.35. The van der Waals surface area contributed by atoms with Crippen molar-refractivity contribution in [3.8, 4) is 0 Å². The van der Waals surface area contributed by atoms with Gasteiger partial charge in [0.05, 0.1) is 36.0 Å². The average Bonchev–Trinajstić information content (AvgIpc) is 3.41. The normalized spacial score (nSPS) is 15.8. The van der Waals surface area contributed by atoms with Crippen molar-refractivity contribution in [2.45, 2.75) is 19.1 Å². The lowest BCUT2D eigenvalue weighted by molar-refractivity contribution is 0.0766. The van der Waals surface area contributed by atoms with Crippen LogP contribution in [0.15, 0.2) is 24.4 Å². The van der Waals surface area contributed by atoms with Crippen LogP contribution in [-0.2, 0) is 11.3 Å². The van der Waals surface area contributed by atoms with Crippen LogP contribution in [0.25, 0.3) is 5.65 Å². The zero-order chi connectivity index (χ0) is 23.7. The Hall–Kier alpha value is -3.61. The van der Waals surface area contributed by atoms with E-state index in [0.717, 1.165) is 5.56 Å². The van der Waals surface area contributed by atoms with E-state index in [0.29, 0.717) is 66.0 Å². The highest BCUT2D eigenvalue weighted by molar-refractivity contribution is 6.00. The summed E-state index contributed by atoms with van der Waals surface area (Å²) >= 11 is 0. The van der Waals surface area contributed by atoms with Gasteiger partial charge in [-0.25, -0.2) is 10.8 Å². The zero-order valence-electron chi connectivity index (χ0n) is 18.9. The molecule has 1 atom stereocenters. The lowest BCUT2D eigenvalue weighted by atomic mass is 10.1. The summed E-state index contributed by atoms with van der Waals surface area (Å²) in [6.45, 7) is 1.17. The van der Waals surface area contributed by atoms with Crippen LogP contribution in [0.3, 0.4) is 0 Å². The van der Waals surface area contributed by atoms with Crippen molar-refractivity contribution in [1.82, 2.24) is 19.5 Å². The summed E-state index contributed by atoms with van der Waals surface area (Å²) in [5, 5.41) is 21.9. The number of anilines is 5. The number of fused-ring (bicyclic) bond motifs is 1. The number of ether oxygens (including phenoxy) is 1. The van der Waals surface area contributed by atoms with Crippen LogP contribution >= 0.6 is 0 Å². The highest BCUT2D eigenvalue weighted by Crippen LogP contribution is 2.33. The lowest BCUT2D eigenvalue weighted by Gasteiger charge is -2.20. The Balaban J connectivity index is 1.75. The molecule has 1 unspecified atom stereocenters. The van der Waals surface area contributed by atoms with Gasteiger partial charge in [0.1, 0.15) is 17.2 Å². The minimum Gasteiger partial charge on any atom is -0.395 e. The topological polar surface area (TPSA) is 159 Å². The van der Waals surface area contributed by atoms with E-state index in [2.05, 4.69) is 20.7 Å². The first-order valence-corrected chi connectivity index (χ1v) is 10.5. The molecule has 33 heavy (non-hydrogen) atoms. The van der Waals surface area contributed by atoms with Crippen LogP contribution in [0.2, 0.25) is 0 Å². The predicted molar refractivity (Wildman–Crippen MR) is 127 cm³/mol. The van der Waals surface area contributed by atoms with Gasteiger partial charge in [0.2, 0.25) is 0 Å². The van der Waals surface area contributed by atoms with E-state index in [4.69, 9.17) is 16.3 Å². The van der Waals surface area contributed by atoms with Gasteiger partial charge in [0.15, 0.2) is 5.65 Å². The van der Waals surface area contributed by atoms with E-state index >= 15 is 0 Å². The van der Waals surface area contributed by atoms with E-state index in [-0.39, 0.29) is 5.91 Å². The van der Waals surface area contributed by atoms with E-state index in [1.807, 2.05) is 12.1 Å². The number of aromatic nitrogens is 3. The number of nitrogens with two attached hydrogens (primary N) is 2. The molecule has 176 valence electrons. The molecule has 0 bridgehead atoms. The van der Waals surface area contributed by atoms with Crippen molar-refractivity contribution in [3.63, 3.8) is 0 Å². The molecule has 0 saturated carbocycles. The third-order valence-corrected chi connectivity index (χ3v) is 5.58.